The zero-order valence-corrected chi connectivity index (χ0v) is 14.6. The molecular weight excluding hydrogens is 374 g/mol. The smallest absolute Gasteiger partial charge is 0.308 e. The van der Waals surface area contributed by atoms with Gasteiger partial charge in [-0.15, -0.1) is 0 Å². The Morgan fingerprint density at radius 3 is 2.75 bits per heavy atom. The van der Waals surface area contributed by atoms with E-state index in [1.807, 2.05) is 0 Å². The molecule has 7 nitrogen and oxygen atoms in total. The second-order valence-electron chi connectivity index (χ2n) is 5.88. The maximum Gasteiger partial charge on any atom is 0.308 e. The minimum absolute atomic E-state index is 0.0618. The van der Waals surface area contributed by atoms with Gasteiger partial charge in [0.05, 0.1) is 17.8 Å². The van der Waals surface area contributed by atoms with Crippen molar-refractivity contribution in [3.8, 4) is 5.75 Å². The molecule has 0 aromatic heterocycles. The van der Waals surface area contributed by atoms with Crippen LogP contribution in [0.1, 0.15) is 6.42 Å². The summed E-state index contributed by atoms with van der Waals surface area (Å²) in [6, 6.07) is 9.59. The summed E-state index contributed by atoms with van der Waals surface area (Å²) < 4.78 is 36.5. The number of amides is 2. The highest BCUT2D eigenvalue weighted by Crippen LogP contribution is 2.31. The zero-order valence-electron chi connectivity index (χ0n) is 14.6. The molecule has 1 aliphatic heterocycles. The molecule has 0 fully saturated rings. The monoisotopic (exact) mass is 390 g/mol. The predicted molar refractivity (Wildman–Crippen MR) is 94.9 cm³/mol. The van der Waals surface area contributed by atoms with Crippen molar-refractivity contribution in [3.63, 3.8) is 0 Å². The molecule has 28 heavy (non-hydrogen) atoms. The summed E-state index contributed by atoms with van der Waals surface area (Å²) in [7, 11) is 0. The lowest BCUT2D eigenvalue weighted by molar-refractivity contribution is -0.147. The number of hydrogen-bond donors (Lipinski definition) is 1. The Morgan fingerprint density at radius 1 is 1.18 bits per heavy atom. The van der Waals surface area contributed by atoms with Gasteiger partial charge in [-0.3, -0.25) is 14.4 Å². The van der Waals surface area contributed by atoms with Crippen LogP contribution in [-0.4, -0.2) is 37.5 Å². The first kappa shape index (κ1) is 19.3. The largest absolute Gasteiger partial charge is 0.482 e. The van der Waals surface area contributed by atoms with Gasteiger partial charge in [-0.1, -0.05) is 12.1 Å². The third-order valence-corrected chi connectivity index (χ3v) is 3.92. The number of benzene rings is 2. The van der Waals surface area contributed by atoms with Crippen LogP contribution < -0.4 is 15.0 Å². The van der Waals surface area contributed by atoms with Gasteiger partial charge in [0, 0.05) is 12.6 Å². The van der Waals surface area contributed by atoms with Crippen LogP contribution in [0, 0.1) is 11.6 Å². The fourth-order valence-corrected chi connectivity index (χ4v) is 2.60. The molecule has 1 N–H and O–H groups in total. The maximum atomic E-state index is 13.5. The lowest BCUT2D eigenvalue weighted by Gasteiger charge is -2.28. The van der Waals surface area contributed by atoms with Crippen LogP contribution in [0.4, 0.5) is 20.2 Å². The van der Waals surface area contributed by atoms with Crippen LogP contribution in [-0.2, 0) is 19.1 Å². The van der Waals surface area contributed by atoms with E-state index >= 15 is 0 Å². The Bertz CT molecular complexity index is 919. The molecule has 2 aromatic rings. The molecule has 0 spiro atoms. The number of anilines is 2. The normalized spacial score (nSPS) is 12.8. The molecule has 0 bridgehead atoms. The molecule has 0 saturated carbocycles. The molecule has 0 atom stereocenters. The van der Waals surface area contributed by atoms with Crippen molar-refractivity contribution in [1.29, 1.82) is 0 Å². The molecule has 2 amide bonds. The van der Waals surface area contributed by atoms with Crippen molar-refractivity contribution < 1.29 is 32.6 Å². The Hall–Kier alpha value is -3.49. The van der Waals surface area contributed by atoms with Crippen molar-refractivity contribution >= 4 is 29.2 Å². The summed E-state index contributed by atoms with van der Waals surface area (Å²) in [5.74, 6) is -2.95. The highest BCUT2D eigenvalue weighted by Gasteiger charge is 2.25. The van der Waals surface area contributed by atoms with Gasteiger partial charge in [0.1, 0.15) is 17.4 Å². The lowest BCUT2D eigenvalue weighted by Crippen LogP contribution is -2.40. The van der Waals surface area contributed by atoms with E-state index in [0.29, 0.717) is 17.5 Å². The van der Waals surface area contributed by atoms with E-state index in [-0.39, 0.29) is 31.2 Å². The van der Waals surface area contributed by atoms with Crippen molar-refractivity contribution in [1.82, 2.24) is 0 Å². The molecule has 146 valence electrons. The van der Waals surface area contributed by atoms with Crippen molar-refractivity contribution in [2.75, 3.05) is 30.0 Å². The van der Waals surface area contributed by atoms with Crippen LogP contribution >= 0.6 is 0 Å². The number of ether oxygens (including phenoxy) is 2. The average molecular weight is 390 g/mol. The van der Waals surface area contributed by atoms with E-state index in [0.717, 1.165) is 12.1 Å². The number of carbonyl (C=O) groups excluding carboxylic acids is 3. The minimum atomic E-state index is -0.941. The fraction of sp³-hybridized carbons (Fsp3) is 0.211. The van der Waals surface area contributed by atoms with Crippen LogP contribution in [0.15, 0.2) is 42.5 Å². The van der Waals surface area contributed by atoms with Gasteiger partial charge in [0.15, 0.2) is 13.2 Å². The number of fused-ring (bicyclic) bond motifs is 1. The quantitative estimate of drug-likeness (QED) is 0.765. The number of nitrogens with zero attached hydrogens (tertiary/aromatic N) is 1. The Balaban J connectivity index is 1.48. The van der Waals surface area contributed by atoms with E-state index in [2.05, 4.69) is 5.32 Å². The van der Waals surface area contributed by atoms with Gasteiger partial charge in [0.25, 0.3) is 11.8 Å². The molecule has 1 aliphatic rings. The van der Waals surface area contributed by atoms with Gasteiger partial charge in [-0.05, 0) is 24.3 Å². The number of carbonyl (C=O) groups is 3. The first-order valence-electron chi connectivity index (χ1n) is 8.37. The first-order chi connectivity index (χ1) is 13.4. The van der Waals surface area contributed by atoms with Crippen LogP contribution in [0.25, 0.3) is 0 Å². The van der Waals surface area contributed by atoms with Gasteiger partial charge in [-0.2, -0.15) is 0 Å². The van der Waals surface area contributed by atoms with Crippen LogP contribution in [0.3, 0.4) is 0 Å². The summed E-state index contributed by atoms with van der Waals surface area (Å²) in [5, 5.41) is 2.18. The number of para-hydroxylation sites is 2. The predicted octanol–water partition coefficient (Wildman–Crippen LogP) is 2.26. The van der Waals surface area contributed by atoms with E-state index in [4.69, 9.17) is 9.47 Å². The molecule has 3 rings (SSSR count). The Morgan fingerprint density at radius 2 is 1.96 bits per heavy atom. The van der Waals surface area contributed by atoms with E-state index in [9.17, 15) is 23.2 Å². The topological polar surface area (TPSA) is 84.9 Å². The Labute approximate surface area is 158 Å². The average Bonchev–Trinajstić information content (AvgIpc) is 2.68. The van der Waals surface area contributed by atoms with Gasteiger partial charge >= 0.3 is 5.97 Å². The molecular formula is C19H16F2N2O5. The van der Waals surface area contributed by atoms with E-state index < -0.39 is 30.1 Å². The van der Waals surface area contributed by atoms with Gasteiger partial charge in [0.2, 0.25) is 0 Å². The number of esters is 1. The standard InChI is InChI=1S/C19H16F2N2O5/c20-12-5-6-14(13(21)9-12)22-17(24)10-28-19(26)7-8-23-15-3-1-2-4-16(15)27-11-18(23)25/h1-6,9H,7-8,10-11H2,(H,22,24). The summed E-state index contributed by atoms with van der Waals surface area (Å²) in [4.78, 5) is 37.1. The third kappa shape index (κ3) is 4.61. The highest BCUT2D eigenvalue weighted by atomic mass is 19.1. The number of rotatable bonds is 6. The molecule has 0 aliphatic carbocycles. The van der Waals surface area contributed by atoms with Crippen molar-refractivity contribution in [3.05, 3.63) is 54.1 Å². The second-order valence-corrected chi connectivity index (χ2v) is 5.88. The molecule has 0 unspecified atom stereocenters. The molecule has 1 heterocycles. The minimum Gasteiger partial charge on any atom is -0.482 e. The molecule has 9 heteroatoms. The SMILES string of the molecule is O=C(COC(=O)CCN1C(=O)COc2ccccc21)Nc1ccc(F)cc1F. The maximum absolute atomic E-state index is 13.5. The molecule has 0 radical (unpaired) electrons. The fourth-order valence-electron chi connectivity index (χ4n) is 2.60. The highest BCUT2D eigenvalue weighted by molar-refractivity contribution is 5.98. The summed E-state index contributed by atoms with van der Waals surface area (Å²) >= 11 is 0. The van der Waals surface area contributed by atoms with Crippen LogP contribution in [0.5, 0.6) is 5.75 Å². The summed E-state index contributed by atoms with van der Waals surface area (Å²) in [6.45, 7) is -0.701. The van der Waals surface area contributed by atoms with Gasteiger partial charge in [-0.25, -0.2) is 8.78 Å². The third-order valence-electron chi connectivity index (χ3n) is 3.92. The molecule has 0 saturated heterocycles. The summed E-state index contributed by atoms with van der Waals surface area (Å²) in [5.41, 5.74) is 0.328. The molecule has 2 aromatic carbocycles. The zero-order chi connectivity index (χ0) is 20.1. The summed E-state index contributed by atoms with van der Waals surface area (Å²) in [6.07, 6.45) is -0.141. The first-order valence-corrected chi connectivity index (χ1v) is 8.37. The second kappa shape index (κ2) is 8.47. The number of nitrogens with one attached hydrogen (secondary N) is 1. The van der Waals surface area contributed by atoms with Gasteiger partial charge < -0.3 is 19.7 Å². The number of halogens is 2. The van der Waals surface area contributed by atoms with Crippen molar-refractivity contribution in [2.45, 2.75) is 6.42 Å². The van der Waals surface area contributed by atoms with Crippen molar-refractivity contribution in [2.24, 2.45) is 0 Å². The number of hydrogen-bond acceptors (Lipinski definition) is 5. The van der Waals surface area contributed by atoms with Crippen LogP contribution in [0.2, 0.25) is 0 Å². The van der Waals surface area contributed by atoms with E-state index in [1.165, 1.54) is 4.90 Å². The lowest BCUT2D eigenvalue weighted by atomic mass is 10.2. The Kier molecular flexibility index (Phi) is 5.83. The van der Waals surface area contributed by atoms with E-state index in [1.54, 1.807) is 24.3 Å².